The lowest BCUT2D eigenvalue weighted by atomic mass is 9.70. The Morgan fingerprint density at radius 3 is 2.48 bits per heavy atom. The number of carbonyl (C=O) groups excluding carboxylic acids is 2. The molecule has 1 unspecified atom stereocenters. The van der Waals surface area contributed by atoms with Gasteiger partial charge < -0.3 is 10.1 Å². The van der Waals surface area contributed by atoms with Crippen molar-refractivity contribution in [2.45, 2.75) is 39.5 Å². The molecule has 0 bridgehead atoms. The van der Waals surface area contributed by atoms with E-state index in [1.807, 2.05) is 44.2 Å². The van der Waals surface area contributed by atoms with Gasteiger partial charge in [-0.2, -0.15) is 0 Å². The number of allylic oxidation sites excluding steroid dienone is 2. The molecule has 6 heteroatoms. The van der Waals surface area contributed by atoms with Gasteiger partial charge in [0.25, 0.3) is 0 Å². The fourth-order valence-corrected chi connectivity index (χ4v) is 4.51. The summed E-state index contributed by atoms with van der Waals surface area (Å²) in [5, 5.41) is 2.92. The molecule has 1 aliphatic heterocycles. The van der Waals surface area contributed by atoms with Crippen LogP contribution < -0.4 is 10.1 Å². The Morgan fingerprint density at radius 1 is 1.10 bits per heavy atom. The van der Waals surface area contributed by atoms with Gasteiger partial charge in [-0.05, 0) is 55.5 Å². The molecule has 6 nitrogen and oxygen atoms in total. The van der Waals surface area contributed by atoms with Crippen molar-refractivity contribution < 1.29 is 14.3 Å². The van der Waals surface area contributed by atoms with Gasteiger partial charge in [0.1, 0.15) is 11.6 Å². The van der Waals surface area contributed by atoms with Crippen LogP contribution >= 0.6 is 0 Å². The summed E-state index contributed by atoms with van der Waals surface area (Å²) in [5.74, 6) is 0.360. The van der Waals surface area contributed by atoms with E-state index < -0.39 is 5.92 Å². The SMILES string of the molecule is COc1ccc([C@@H]2C3=C(C[C@@H](C)CC3=O)N=C(C)C2C(=O)Nc2ccc(C)cn2)cc1. The molecule has 160 valence electrons. The molecule has 1 aliphatic carbocycles. The monoisotopic (exact) mass is 417 g/mol. The summed E-state index contributed by atoms with van der Waals surface area (Å²) >= 11 is 0. The number of anilines is 1. The molecular weight excluding hydrogens is 390 g/mol. The maximum atomic E-state index is 13.4. The fourth-order valence-electron chi connectivity index (χ4n) is 4.51. The number of aliphatic imine (C=N–C) groups is 1. The first kappa shape index (κ1) is 21.0. The number of benzene rings is 1. The number of aryl methyl sites for hydroxylation is 1. The van der Waals surface area contributed by atoms with Crippen molar-refractivity contribution in [1.29, 1.82) is 0 Å². The Labute approximate surface area is 182 Å². The molecule has 2 aromatic rings. The number of pyridine rings is 1. The number of methoxy groups -OCH3 is 1. The quantitative estimate of drug-likeness (QED) is 0.796. The van der Waals surface area contributed by atoms with Crippen LogP contribution in [0.25, 0.3) is 0 Å². The van der Waals surface area contributed by atoms with Crippen molar-refractivity contribution in [3.63, 3.8) is 0 Å². The highest BCUT2D eigenvalue weighted by Crippen LogP contribution is 2.44. The molecule has 0 radical (unpaired) electrons. The van der Waals surface area contributed by atoms with Gasteiger partial charge in [0.15, 0.2) is 5.78 Å². The number of amides is 1. The third kappa shape index (κ3) is 4.15. The maximum absolute atomic E-state index is 13.4. The summed E-state index contributed by atoms with van der Waals surface area (Å²) in [5.41, 5.74) is 4.13. The zero-order valence-electron chi connectivity index (χ0n) is 18.3. The smallest absolute Gasteiger partial charge is 0.235 e. The number of carbonyl (C=O) groups is 2. The number of ketones is 1. The maximum Gasteiger partial charge on any atom is 0.235 e. The topological polar surface area (TPSA) is 80.6 Å². The average molecular weight is 418 g/mol. The third-order valence-electron chi connectivity index (χ3n) is 6.01. The molecule has 3 atom stereocenters. The van der Waals surface area contributed by atoms with Crippen molar-refractivity contribution in [3.8, 4) is 5.75 Å². The lowest BCUT2D eigenvalue weighted by Crippen LogP contribution is -2.39. The highest BCUT2D eigenvalue weighted by atomic mass is 16.5. The Morgan fingerprint density at radius 2 is 1.84 bits per heavy atom. The van der Waals surface area contributed by atoms with E-state index in [0.29, 0.717) is 23.5 Å². The van der Waals surface area contributed by atoms with Crippen LogP contribution in [-0.4, -0.2) is 29.5 Å². The van der Waals surface area contributed by atoms with Crippen LogP contribution in [0.5, 0.6) is 5.75 Å². The number of hydrogen-bond acceptors (Lipinski definition) is 5. The summed E-state index contributed by atoms with van der Waals surface area (Å²) in [6.07, 6.45) is 2.94. The number of nitrogens with one attached hydrogen (secondary N) is 1. The highest BCUT2D eigenvalue weighted by Gasteiger charge is 2.43. The molecule has 1 aromatic carbocycles. The second-order valence-corrected chi connectivity index (χ2v) is 8.49. The molecule has 1 N–H and O–H groups in total. The lowest BCUT2D eigenvalue weighted by Gasteiger charge is -2.36. The highest BCUT2D eigenvalue weighted by molar-refractivity contribution is 6.13. The molecule has 0 saturated carbocycles. The van der Waals surface area contributed by atoms with Crippen molar-refractivity contribution >= 4 is 23.2 Å². The summed E-state index contributed by atoms with van der Waals surface area (Å²) in [7, 11) is 1.62. The van der Waals surface area contributed by atoms with E-state index in [2.05, 4.69) is 17.2 Å². The lowest BCUT2D eigenvalue weighted by molar-refractivity contribution is -0.119. The Bertz CT molecular complexity index is 1070. The van der Waals surface area contributed by atoms with Crippen LogP contribution in [0.4, 0.5) is 5.82 Å². The second kappa shape index (κ2) is 8.46. The van der Waals surface area contributed by atoms with E-state index in [-0.39, 0.29) is 23.5 Å². The van der Waals surface area contributed by atoms with E-state index in [0.717, 1.165) is 29.0 Å². The first-order valence-corrected chi connectivity index (χ1v) is 10.6. The van der Waals surface area contributed by atoms with E-state index in [1.165, 1.54) is 0 Å². The number of Topliss-reactive ketones (excluding diaryl/α,β-unsaturated/α-hetero) is 1. The predicted molar refractivity (Wildman–Crippen MR) is 120 cm³/mol. The molecule has 1 amide bonds. The summed E-state index contributed by atoms with van der Waals surface area (Å²) in [6, 6.07) is 11.3. The molecule has 2 aliphatic rings. The van der Waals surface area contributed by atoms with Gasteiger partial charge in [-0.3, -0.25) is 14.6 Å². The Balaban J connectivity index is 1.76. The molecular formula is C25H27N3O3. The molecule has 1 aromatic heterocycles. The third-order valence-corrected chi connectivity index (χ3v) is 6.01. The van der Waals surface area contributed by atoms with Crippen molar-refractivity contribution in [3.05, 3.63) is 65.0 Å². The van der Waals surface area contributed by atoms with Crippen LogP contribution in [0, 0.1) is 18.8 Å². The molecule has 0 saturated heterocycles. The summed E-state index contributed by atoms with van der Waals surface area (Å²) in [6.45, 7) is 5.88. The van der Waals surface area contributed by atoms with Crippen molar-refractivity contribution in [1.82, 2.24) is 4.98 Å². The minimum Gasteiger partial charge on any atom is -0.497 e. The standard InChI is InChI=1S/C25H27N3O3/c1-14-5-10-21(26-13-14)28-25(30)22-16(3)27-19-11-15(2)12-20(29)24(19)23(22)17-6-8-18(31-4)9-7-17/h5-10,13,15,22-23H,11-12H2,1-4H3,(H,26,28,30)/t15-,22?,23+/m1/s1. The fraction of sp³-hybridized carbons (Fsp3) is 0.360. The summed E-state index contributed by atoms with van der Waals surface area (Å²) in [4.78, 5) is 35.6. The van der Waals surface area contributed by atoms with E-state index in [1.54, 1.807) is 19.4 Å². The number of ether oxygens (including phenoxy) is 1. The normalized spacial score (nSPS) is 23.2. The van der Waals surface area contributed by atoms with Gasteiger partial charge in [0.2, 0.25) is 5.91 Å². The van der Waals surface area contributed by atoms with Gasteiger partial charge in [0.05, 0.1) is 13.0 Å². The van der Waals surface area contributed by atoms with Gasteiger partial charge in [-0.25, -0.2) is 4.98 Å². The van der Waals surface area contributed by atoms with Gasteiger partial charge in [-0.1, -0.05) is 25.1 Å². The number of nitrogens with zero attached hydrogens (tertiary/aromatic N) is 2. The van der Waals surface area contributed by atoms with Crippen LogP contribution in [-0.2, 0) is 9.59 Å². The first-order chi connectivity index (χ1) is 14.9. The van der Waals surface area contributed by atoms with Crippen molar-refractivity contribution in [2.75, 3.05) is 12.4 Å². The Hall–Kier alpha value is -3.28. The van der Waals surface area contributed by atoms with E-state index in [9.17, 15) is 9.59 Å². The van der Waals surface area contributed by atoms with E-state index >= 15 is 0 Å². The van der Waals surface area contributed by atoms with E-state index in [4.69, 9.17) is 9.73 Å². The summed E-state index contributed by atoms with van der Waals surface area (Å²) < 4.78 is 5.29. The van der Waals surface area contributed by atoms with Crippen LogP contribution in [0.15, 0.2) is 58.9 Å². The van der Waals surface area contributed by atoms with Gasteiger partial charge in [-0.15, -0.1) is 0 Å². The number of hydrogen-bond donors (Lipinski definition) is 1. The van der Waals surface area contributed by atoms with Crippen molar-refractivity contribution in [2.24, 2.45) is 16.8 Å². The minimum atomic E-state index is -0.590. The Kier molecular flexibility index (Phi) is 5.72. The molecule has 0 fully saturated rings. The average Bonchev–Trinajstić information content (AvgIpc) is 2.74. The second-order valence-electron chi connectivity index (χ2n) is 8.49. The molecule has 31 heavy (non-hydrogen) atoms. The zero-order chi connectivity index (χ0) is 22.1. The van der Waals surface area contributed by atoms with Crippen LogP contribution in [0.2, 0.25) is 0 Å². The predicted octanol–water partition coefficient (Wildman–Crippen LogP) is 4.46. The minimum absolute atomic E-state index is 0.0806. The molecule has 0 spiro atoms. The van der Waals surface area contributed by atoms with Crippen LogP contribution in [0.1, 0.15) is 43.7 Å². The van der Waals surface area contributed by atoms with Gasteiger partial charge in [0, 0.05) is 35.5 Å². The first-order valence-electron chi connectivity index (χ1n) is 10.6. The molecule has 4 rings (SSSR count). The number of aromatic nitrogens is 1. The largest absolute Gasteiger partial charge is 0.497 e. The zero-order valence-corrected chi connectivity index (χ0v) is 18.3. The molecule has 2 heterocycles. The number of rotatable bonds is 4. The van der Waals surface area contributed by atoms with Gasteiger partial charge >= 0.3 is 0 Å². The van der Waals surface area contributed by atoms with Crippen LogP contribution in [0.3, 0.4) is 0 Å².